The highest BCUT2D eigenvalue weighted by molar-refractivity contribution is 5.82. The van der Waals surface area contributed by atoms with Crippen molar-refractivity contribution in [2.75, 3.05) is 6.61 Å². The van der Waals surface area contributed by atoms with Gasteiger partial charge in [0.2, 0.25) is 5.91 Å². The number of benzene rings is 1. The lowest BCUT2D eigenvalue weighted by atomic mass is 10.1. The number of nitrogens with one attached hydrogen (secondary N) is 1. The fourth-order valence-corrected chi connectivity index (χ4v) is 2.25. The molecule has 1 heterocycles. The maximum absolute atomic E-state index is 12.0. The van der Waals surface area contributed by atoms with Crippen LogP contribution in [-0.2, 0) is 20.9 Å². The molecule has 1 aromatic carbocycles. The molecule has 2 rings (SSSR count). The van der Waals surface area contributed by atoms with Gasteiger partial charge in [-0.15, -0.1) is 0 Å². The number of hydrogen-bond acceptors (Lipinski definition) is 4. The first-order chi connectivity index (χ1) is 10.1. The van der Waals surface area contributed by atoms with Gasteiger partial charge in [-0.05, 0) is 25.8 Å². The van der Waals surface area contributed by atoms with Crippen LogP contribution < -0.4 is 10.1 Å². The van der Waals surface area contributed by atoms with E-state index in [9.17, 15) is 9.59 Å². The molecule has 1 amide bonds. The molecular formula is C15H19NO5. The first kappa shape index (κ1) is 15.3. The van der Waals surface area contributed by atoms with E-state index in [4.69, 9.17) is 14.6 Å². The Hall–Kier alpha value is -2.08. The zero-order chi connectivity index (χ0) is 15.2. The Morgan fingerprint density at radius 3 is 2.71 bits per heavy atom. The summed E-state index contributed by atoms with van der Waals surface area (Å²) in [6.45, 7) is 2.78. The van der Waals surface area contributed by atoms with Crippen molar-refractivity contribution in [2.24, 2.45) is 0 Å². The zero-order valence-electron chi connectivity index (χ0n) is 11.9. The van der Waals surface area contributed by atoms with Gasteiger partial charge in [-0.1, -0.05) is 18.2 Å². The minimum absolute atomic E-state index is 0.287. The monoisotopic (exact) mass is 293 g/mol. The molecule has 21 heavy (non-hydrogen) atoms. The average Bonchev–Trinajstić information content (AvgIpc) is 2.96. The van der Waals surface area contributed by atoms with Gasteiger partial charge in [-0.25, -0.2) is 4.79 Å². The molecule has 0 bridgehead atoms. The van der Waals surface area contributed by atoms with Crippen LogP contribution in [0.15, 0.2) is 24.3 Å². The van der Waals surface area contributed by atoms with Crippen molar-refractivity contribution in [2.45, 2.75) is 38.5 Å². The number of carbonyl (C=O) groups is 2. The smallest absolute Gasteiger partial charge is 0.332 e. The number of ether oxygens (including phenoxy) is 2. The molecule has 2 N–H and O–H groups in total. The Kier molecular flexibility index (Phi) is 5.16. The molecule has 6 nitrogen and oxygen atoms in total. The van der Waals surface area contributed by atoms with Crippen molar-refractivity contribution in [3.05, 3.63) is 29.8 Å². The van der Waals surface area contributed by atoms with Crippen LogP contribution >= 0.6 is 0 Å². The molecule has 1 aliphatic heterocycles. The van der Waals surface area contributed by atoms with Gasteiger partial charge in [0.1, 0.15) is 11.9 Å². The van der Waals surface area contributed by atoms with Crippen LogP contribution in [0.25, 0.3) is 0 Å². The molecule has 0 saturated carbocycles. The molecule has 1 saturated heterocycles. The Balaban J connectivity index is 1.89. The van der Waals surface area contributed by atoms with E-state index in [1.165, 1.54) is 0 Å². The van der Waals surface area contributed by atoms with E-state index in [1.807, 2.05) is 31.2 Å². The predicted octanol–water partition coefficient (Wildman–Crippen LogP) is 1.33. The van der Waals surface area contributed by atoms with Crippen LogP contribution in [0, 0.1) is 0 Å². The first-order valence-electron chi connectivity index (χ1n) is 6.98. The third-order valence-corrected chi connectivity index (χ3v) is 3.31. The lowest BCUT2D eigenvalue weighted by Gasteiger charge is -2.14. The van der Waals surface area contributed by atoms with Crippen LogP contribution in [0.5, 0.6) is 5.75 Å². The highest BCUT2D eigenvalue weighted by Gasteiger charge is 2.34. The largest absolute Gasteiger partial charge is 0.494 e. The molecular weight excluding hydrogens is 274 g/mol. The van der Waals surface area contributed by atoms with Crippen molar-refractivity contribution in [3.8, 4) is 5.75 Å². The van der Waals surface area contributed by atoms with E-state index in [0.29, 0.717) is 26.0 Å². The first-order valence-corrected chi connectivity index (χ1v) is 6.98. The van der Waals surface area contributed by atoms with Crippen molar-refractivity contribution in [1.29, 1.82) is 0 Å². The summed E-state index contributed by atoms with van der Waals surface area (Å²) >= 11 is 0. The normalized spacial score (nSPS) is 21.0. The minimum atomic E-state index is -1.02. The summed E-state index contributed by atoms with van der Waals surface area (Å²) in [7, 11) is 0. The van der Waals surface area contributed by atoms with Crippen LogP contribution in [0.4, 0.5) is 0 Å². The lowest BCUT2D eigenvalue weighted by molar-refractivity contribution is -0.151. The molecule has 1 aromatic rings. The number of carboxylic acids is 1. The van der Waals surface area contributed by atoms with E-state index in [-0.39, 0.29) is 5.91 Å². The van der Waals surface area contributed by atoms with E-state index in [1.54, 1.807) is 0 Å². The molecule has 2 atom stereocenters. The summed E-state index contributed by atoms with van der Waals surface area (Å²) in [5, 5.41) is 11.6. The van der Waals surface area contributed by atoms with E-state index in [2.05, 4.69) is 5.32 Å². The van der Waals surface area contributed by atoms with Gasteiger partial charge in [0.25, 0.3) is 0 Å². The van der Waals surface area contributed by atoms with Crippen LogP contribution in [-0.4, -0.2) is 35.8 Å². The highest BCUT2D eigenvalue weighted by Crippen LogP contribution is 2.21. The van der Waals surface area contributed by atoms with Crippen LogP contribution in [0.1, 0.15) is 25.3 Å². The fraction of sp³-hybridized carbons (Fsp3) is 0.467. The summed E-state index contributed by atoms with van der Waals surface area (Å²) in [5.74, 6) is -0.576. The number of rotatable bonds is 6. The summed E-state index contributed by atoms with van der Waals surface area (Å²) in [5.41, 5.74) is 0.875. The topological polar surface area (TPSA) is 84.9 Å². The van der Waals surface area contributed by atoms with Gasteiger partial charge in [0, 0.05) is 12.1 Å². The second-order valence-electron chi connectivity index (χ2n) is 4.79. The Bertz CT molecular complexity index is 517. The molecule has 1 fully saturated rings. The molecule has 0 unspecified atom stereocenters. The van der Waals surface area contributed by atoms with E-state index >= 15 is 0 Å². The van der Waals surface area contributed by atoms with Crippen LogP contribution in [0.3, 0.4) is 0 Å². The Labute approximate surface area is 123 Å². The average molecular weight is 293 g/mol. The van der Waals surface area contributed by atoms with Crippen molar-refractivity contribution < 1.29 is 24.2 Å². The third-order valence-electron chi connectivity index (χ3n) is 3.31. The number of aliphatic carboxylic acids is 1. The molecule has 114 valence electrons. The summed E-state index contributed by atoms with van der Waals surface area (Å²) in [4.78, 5) is 22.8. The van der Waals surface area contributed by atoms with E-state index in [0.717, 1.165) is 11.3 Å². The number of carbonyl (C=O) groups excluding carboxylic acids is 1. The van der Waals surface area contributed by atoms with Crippen molar-refractivity contribution in [3.63, 3.8) is 0 Å². The van der Waals surface area contributed by atoms with Gasteiger partial charge < -0.3 is 19.9 Å². The quantitative estimate of drug-likeness (QED) is 0.826. The number of carboxylic acid groups (broad SMARTS) is 1. The number of amides is 1. The predicted molar refractivity (Wildman–Crippen MR) is 75.0 cm³/mol. The van der Waals surface area contributed by atoms with Gasteiger partial charge in [0.05, 0.1) is 6.61 Å². The maximum Gasteiger partial charge on any atom is 0.332 e. The standard InChI is InChI=1S/C15H19NO5/c1-2-20-11-6-4-3-5-10(11)9-16-14(17)12-7-8-13(21-12)15(18)19/h3-6,12-13H,2,7-9H2,1H3,(H,16,17)(H,18,19)/t12-,13+/m0/s1. The molecule has 1 aliphatic rings. The molecule has 6 heteroatoms. The van der Waals surface area contributed by atoms with Crippen LogP contribution in [0.2, 0.25) is 0 Å². The zero-order valence-corrected chi connectivity index (χ0v) is 11.9. The van der Waals surface area contributed by atoms with Gasteiger partial charge >= 0.3 is 5.97 Å². The van der Waals surface area contributed by atoms with Crippen molar-refractivity contribution in [1.82, 2.24) is 5.32 Å². The number of hydrogen-bond donors (Lipinski definition) is 2. The fourth-order valence-electron chi connectivity index (χ4n) is 2.25. The molecule has 0 aromatic heterocycles. The van der Waals surface area contributed by atoms with Gasteiger partial charge in [-0.2, -0.15) is 0 Å². The Morgan fingerprint density at radius 2 is 2.05 bits per heavy atom. The number of para-hydroxylation sites is 1. The lowest BCUT2D eigenvalue weighted by Crippen LogP contribution is -2.35. The second-order valence-corrected chi connectivity index (χ2v) is 4.79. The minimum Gasteiger partial charge on any atom is -0.494 e. The summed E-state index contributed by atoms with van der Waals surface area (Å²) in [6.07, 6.45) is -0.777. The van der Waals surface area contributed by atoms with Crippen molar-refractivity contribution >= 4 is 11.9 Å². The highest BCUT2D eigenvalue weighted by atomic mass is 16.5. The Morgan fingerprint density at radius 1 is 1.33 bits per heavy atom. The molecule has 0 spiro atoms. The molecule has 0 aliphatic carbocycles. The SMILES string of the molecule is CCOc1ccccc1CNC(=O)[C@@H]1CC[C@H](C(=O)O)O1. The van der Waals surface area contributed by atoms with Gasteiger partial charge in [-0.3, -0.25) is 4.79 Å². The summed E-state index contributed by atoms with van der Waals surface area (Å²) < 4.78 is 10.7. The third kappa shape index (κ3) is 3.95. The van der Waals surface area contributed by atoms with Gasteiger partial charge in [0.15, 0.2) is 6.10 Å². The molecule has 0 radical (unpaired) electrons. The second kappa shape index (κ2) is 7.08. The maximum atomic E-state index is 12.0. The van der Waals surface area contributed by atoms with E-state index < -0.39 is 18.2 Å². The summed E-state index contributed by atoms with van der Waals surface area (Å²) in [6, 6.07) is 7.46.